The van der Waals surface area contributed by atoms with Crippen LogP contribution >= 0.6 is 20.2 Å². The molecular formula is C27H53O6PS. The normalized spacial score (nSPS) is 16.1. The predicted molar refractivity (Wildman–Crippen MR) is 148 cm³/mol. The Hall–Kier alpha value is -0.200. The van der Waals surface area contributed by atoms with Crippen molar-refractivity contribution in [3.63, 3.8) is 0 Å². The van der Waals surface area contributed by atoms with Crippen LogP contribution in [0.15, 0.2) is 0 Å². The van der Waals surface area contributed by atoms with E-state index in [1.165, 1.54) is 77.0 Å². The Balaban J connectivity index is 4.81. The van der Waals surface area contributed by atoms with Gasteiger partial charge in [0.2, 0.25) is 14.8 Å². The van der Waals surface area contributed by atoms with Crippen molar-refractivity contribution in [3.8, 4) is 0 Å². The Bertz CT molecular complexity index is 524. The number of thioether (sulfide) groups is 1. The maximum absolute atomic E-state index is 11.6. The third kappa shape index (κ3) is 16.3. The van der Waals surface area contributed by atoms with Gasteiger partial charge in [-0.3, -0.25) is 4.57 Å². The van der Waals surface area contributed by atoms with Gasteiger partial charge in [-0.05, 0) is 31.9 Å². The molecule has 0 aromatic carbocycles. The lowest BCUT2D eigenvalue weighted by atomic mass is 10.1. The minimum absolute atomic E-state index is 0.166. The summed E-state index contributed by atoms with van der Waals surface area (Å²) >= 11 is 1.87. The largest absolute Gasteiger partial charge is 0.478 e. The summed E-state index contributed by atoms with van der Waals surface area (Å²) in [5.74, 6) is -0.576. The minimum atomic E-state index is -2.61. The second-order valence-electron chi connectivity index (χ2n) is 9.61. The second kappa shape index (κ2) is 23.0. The fourth-order valence-electron chi connectivity index (χ4n) is 3.99. The molecule has 0 fully saturated rings. The molecule has 0 saturated heterocycles. The van der Waals surface area contributed by atoms with Gasteiger partial charge in [0, 0.05) is 11.9 Å². The maximum Gasteiger partial charge on any atom is 0.353 e. The average molecular weight is 537 g/mol. The van der Waals surface area contributed by atoms with Gasteiger partial charge in [-0.25, -0.2) is 4.79 Å². The molecular weight excluding hydrogens is 483 g/mol. The van der Waals surface area contributed by atoms with Gasteiger partial charge in [-0.1, -0.05) is 104 Å². The van der Waals surface area contributed by atoms with E-state index in [1.807, 2.05) is 25.6 Å². The van der Waals surface area contributed by atoms with E-state index in [4.69, 9.17) is 9.47 Å². The number of hydrogen-bond donors (Lipinski definition) is 2. The van der Waals surface area contributed by atoms with Crippen LogP contribution in [0.5, 0.6) is 0 Å². The van der Waals surface area contributed by atoms with Crippen LogP contribution in [0.4, 0.5) is 0 Å². The Morgan fingerprint density at radius 2 is 1.37 bits per heavy atom. The van der Waals surface area contributed by atoms with E-state index in [1.54, 1.807) is 0 Å². The molecule has 0 aliphatic carbocycles. The molecule has 0 spiro atoms. The first-order valence-corrected chi connectivity index (χ1v) is 15.9. The Morgan fingerprint density at radius 3 is 1.86 bits per heavy atom. The van der Waals surface area contributed by atoms with Crippen LogP contribution in [-0.4, -0.2) is 51.5 Å². The van der Waals surface area contributed by atoms with Crippen LogP contribution in [0.2, 0.25) is 0 Å². The molecule has 0 bridgehead atoms. The van der Waals surface area contributed by atoms with Crippen molar-refractivity contribution >= 4 is 26.2 Å². The van der Waals surface area contributed by atoms with Gasteiger partial charge in [-0.2, -0.15) is 11.8 Å². The average Bonchev–Trinajstić information content (AvgIpc) is 2.85. The molecule has 208 valence electrons. The first-order chi connectivity index (χ1) is 16.9. The molecule has 0 aliphatic heterocycles. The van der Waals surface area contributed by atoms with Crippen LogP contribution in [-0.2, 0) is 18.8 Å². The molecule has 8 heteroatoms. The van der Waals surface area contributed by atoms with Gasteiger partial charge in [0.1, 0.15) is 0 Å². The Morgan fingerprint density at radius 1 is 0.857 bits per heavy atom. The number of aliphatic hydroxyl groups is 1. The summed E-state index contributed by atoms with van der Waals surface area (Å²) in [6, 6.07) is 0. The Labute approximate surface area is 220 Å². The second-order valence-corrected chi connectivity index (χ2v) is 11.8. The van der Waals surface area contributed by atoms with Crippen molar-refractivity contribution in [2.24, 2.45) is 0 Å². The van der Waals surface area contributed by atoms with E-state index in [0.29, 0.717) is 6.42 Å². The molecule has 0 rings (SSSR count). The topological polar surface area (TPSA) is 93.1 Å². The summed E-state index contributed by atoms with van der Waals surface area (Å²) in [5, 5.41) is 17.5. The van der Waals surface area contributed by atoms with Crippen molar-refractivity contribution in [2.45, 2.75) is 153 Å². The summed E-state index contributed by atoms with van der Waals surface area (Å²) in [6.07, 6.45) is 17.4. The molecule has 4 atom stereocenters. The third-order valence-corrected chi connectivity index (χ3v) is 8.54. The number of aliphatic carboxylic acids is 1. The molecule has 4 unspecified atom stereocenters. The predicted octanol–water partition coefficient (Wildman–Crippen LogP) is 8.20. The lowest BCUT2D eigenvalue weighted by molar-refractivity contribution is -0.230. The number of carboxylic acids is 1. The van der Waals surface area contributed by atoms with Gasteiger partial charge in [-0.15, -0.1) is 0 Å². The van der Waals surface area contributed by atoms with Crippen LogP contribution in [0.3, 0.4) is 0 Å². The quantitative estimate of drug-likeness (QED) is 0.0653. The molecule has 0 aliphatic rings. The summed E-state index contributed by atoms with van der Waals surface area (Å²) in [5.41, 5.74) is 0. The minimum Gasteiger partial charge on any atom is -0.478 e. The number of rotatable bonds is 26. The standard InChI is InChI=1S/C27H53O6PS/c1-5-8-10-12-13-14-15-17-19-22-35-24(20-18-16-11-9-6-2)23(4)33-26(32-21-7-3)27(30,34-31)25(28)29/h23-24,26,30H,5-22H2,1-4H3,(H,28,29). The number of carboxylic acid groups (broad SMARTS) is 1. The van der Waals surface area contributed by atoms with Crippen LogP contribution < -0.4 is 0 Å². The van der Waals surface area contributed by atoms with Crippen LogP contribution in [0, 0.1) is 0 Å². The van der Waals surface area contributed by atoms with Gasteiger partial charge in [0.15, 0.2) is 0 Å². The molecule has 0 saturated carbocycles. The highest BCUT2D eigenvalue weighted by atomic mass is 32.2. The number of hydrogen-bond acceptors (Lipinski definition) is 6. The molecule has 0 aromatic rings. The fraction of sp³-hybridized carbons (Fsp3) is 0.963. The number of carbonyl (C=O) groups is 1. The van der Waals surface area contributed by atoms with Gasteiger partial charge in [0.05, 0.1) is 6.10 Å². The molecule has 0 amide bonds. The van der Waals surface area contributed by atoms with Crippen molar-refractivity contribution in [2.75, 3.05) is 12.4 Å². The third-order valence-electron chi connectivity index (χ3n) is 6.29. The lowest BCUT2D eigenvalue weighted by Gasteiger charge is -2.32. The van der Waals surface area contributed by atoms with E-state index in [0.717, 1.165) is 25.0 Å². The van der Waals surface area contributed by atoms with Crippen molar-refractivity contribution in [1.29, 1.82) is 0 Å². The molecule has 0 aromatic heterocycles. The smallest absolute Gasteiger partial charge is 0.353 e. The SMILES string of the molecule is CCCCCCCCCCCSC(CCCCCCC)C(C)OC(OCCC)C(O)(P=O)C(=O)O. The highest BCUT2D eigenvalue weighted by Gasteiger charge is 2.49. The summed E-state index contributed by atoms with van der Waals surface area (Å²) < 4.78 is 23.1. The van der Waals surface area contributed by atoms with E-state index in [9.17, 15) is 19.6 Å². The highest BCUT2D eigenvalue weighted by Crippen LogP contribution is 2.32. The zero-order valence-electron chi connectivity index (χ0n) is 22.8. The lowest BCUT2D eigenvalue weighted by Crippen LogP contribution is -2.50. The number of unbranched alkanes of at least 4 members (excludes halogenated alkanes) is 12. The molecule has 0 radical (unpaired) electrons. The van der Waals surface area contributed by atoms with Crippen LogP contribution in [0.25, 0.3) is 0 Å². The summed E-state index contributed by atoms with van der Waals surface area (Å²) in [4.78, 5) is 11.6. The molecule has 6 nitrogen and oxygen atoms in total. The van der Waals surface area contributed by atoms with Crippen molar-refractivity contribution in [1.82, 2.24) is 0 Å². The van der Waals surface area contributed by atoms with Crippen molar-refractivity contribution in [3.05, 3.63) is 0 Å². The van der Waals surface area contributed by atoms with E-state index >= 15 is 0 Å². The first-order valence-electron chi connectivity index (χ1n) is 14.1. The first kappa shape index (κ1) is 34.8. The van der Waals surface area contributed by atoms with Crippen molar-refractivity contribution < 1.29 is 29.0 Å². The fourth-order valence-corrected chi connectivity index (χ4v) is 5.63. The highest BCUT2D eigenvalue weighted by molar-refractivity contribution is 7.99. The maximum atomic E-state index is 11.6. The van der Waals surface area contributed by atoms with Gasteiger partial charge < -0.3 is 19.7 Å². The van der Waals surface area contributed by atoms with E-state index in [-0.39, 0.29) is 18.0 Å². The van der Waals surface area contributed by atoms with Crippen LogP contribution in [0.1, 0.15) is 130 Å². The zero-order valence-corrected chi connectivity index (χ0v) is 24.6. The van der Waals surface area contributed by atoms with Gasteiger partial charge in [0.25, 0.3) is 5.34 Å². The van der Waals surface area contributed by atoms with Gasteiger partial charge >= 0.3 is 5.97 Å². The van der Waals surface area contributed by atoms with E-state index < -0.39 is 26.1 Å². The molecule has 2 N–H and O–H groups in total. The molecule has 35 heavy (non-hydrogen) atoms. The monoisotopic (exact) mass is 536 g/mol. The zero-order chi connectivity index (χ0) is 26.4. The van der Waals surface area contributed by atoms with E-state index in [2.05, 4.69) is 13.8 Å². The molecule has 0 heterocycles. The Kier molecular flexibility index (Phi) is 22.8. The summed E-state index contributed by atoms with van der Waals surface area (Å²) in [7, 11) is -0.940. The summed E-state index contributed by atoms with van der Waals surface area (Å²) in [6.45, 7) is 8.46. The number of ether oxygens (including phenoxy) is 2.